The van der Waals surface area contributed by atoms with Crippen LogP contribution < -0.4 is 5.56 Å². The van der Waals surface area contributed by atoms with Gasteiger partial charge in [-0.25, -0.2) is 0 Å². The zero-order chi connectivity index (χ0) is 10.4. The van der Waals surface area contributed by atoms with E-state index in [9.17, 15) is 4.79 Å². The Morgan fingerprint density at radius 3 is 2.69 bits per heavy atom. The van der Waals surface area contributed by atoms with Gasteiger partial charge in [-0.2, -0.15) is 0 Å². The quantitative estimate of drug-likeness (QED) is 0.638. The van der Waals surface area contributed by atoms with E-state index in [1.807, 2.05) is 41.9 Å². The summed E-state index contributed by atoms with van der Waals surface area (Å²) in [5, 5.41) is 1.78. The van der Waals surface area contributed by atoms with E-state index in [2.05, 4.69) is 4.98 Å². The average Bonchev–Trinajstić information content (AvgIpc) is 2.55. The molecule has 3 rings (SSSR count). The first-order valence-corrected chi connectivity index (χ1v) is 4.84. The van der Waals surface area contributed by atoms with Gasteiger partial charge in [0.2, 0.25) is 0 Å². The van der Waals surface area contributed by atoms with Gasteiger partial charge < -0.3 is 9.55 Å². The Balaban J connectivity index is 0.000000963. The highest BCUT2D eigenvalue weighted by Crippen LogP contribution is 2.24. The molecular weight excluding hydrogens is 224 g/mol. The third-order valence-electron chi connectivity index (χ3n) is 2.83. The number of aromatic amines is 1. The summed E-state index contributed by atoms with van der Waals surface area (Å²) in [6.07, 6.45) is 1.68. The van der Waals surface area contributed by atoms with Crippen LogP contribution in [0.4, 0.5) is 0 Å². The highest BCUT2D eigenvalue weighted by atomic mass is 35.5. The van der Waals surface area contributed by atoms with Crippen molar-refractivity contribution in [3.63, 3.8) is 0 Å². The predicted molar refractivity (Wildman–Crippen MR) is 68.3 cm³/mol. The lowest BCUT2D eigenvalue weighted by Crippen LogP contribution is -2.03. The van der Waals surface area contributed by atoms with E-state index in [1.165, 1.54) is 0 Å². The highest BCUT2D eigenvalue weighted by molar-refractivity contribution is 6.07. The lowest BCUT2D eigenvalue weighted by Gasteiger charge is -1.95. The van der Waals surface area contributed by atoms with E-state index in [-0.39, 0.29) is 18.0 Å². The van der Waals surface area contributed by atoms with Gasteiger partial charge in [0.1, 0.15) is 0 Å². The molecule has 3 nitrogen and oxygen atoms in total. The minimum atomic E-state index is -0.0238. The Hall–Kier alpha value is -1.74. The summed E-state index contributed by atoms with van der Waals surface area (Å²) < 4.78 is 2.04. The number of nitrogens with zero attached hydrogens (tertiary/aromatic N) is 1. The third-order valence-corrected chi connectivity index (χ3v) is 2.83. The number of aryl methyl sites for hydroxylation is 1. The largest absolute Gasteiger partial charge is 0.343 e. The maximum absolute atomic E-state index is 11.7. The van der Waals surface area contributed by atoms with Crippen LogP contribution in [0.25, 0.3) is 21.8 Å². The maximum Gasteiger partial charge on any atom is 0.258 e. The van der Waals surface area contributed by atoms with E-state index >= 15 is 0 Å². The Labute approximate surface area is 98.1 Å². The van der Waals surface area contributed by atoms with Gasteiger partial charge in [-0.05, 0) is 12.1 Å². The number of para-hydroxylation sites is 1. The number of nitrogens with one attached hydrogen (secondary N) is 1. The normalized spacial score (nSPS) is 10.6. The number of aromatic nitrogens is 2. The Kier molecular flexibility index (Phi) is 2.48. The van der Waals surface area contributed by atoms with Gasteiger partial charge in [0, 0.05) is 24.1 Å². The molecule has 0 radical (unpaired) electrons. The Bertz CT molecular complexity index is 712. The van der Waals surface area contributed by atoms with E-state index in [0.717, 1.165) is 21.8 Å². The molecule has 2 aromatic heterocycles. The molecule has 0 aliphatic rings. The lowest BCUT2D eigenvalue weighted by molar-refractivity contribution is 1.01. The fourth-order valence-corrected chi connectivity index (χ4v) is 2.12. The van der Waals surface area contributed by atoms with Crippen LogP contribution >= 0.6 is 12.4 Å². The van der Waals surface area contributed by atoms with Gasteiger partial charge in [0.05, 0.1) is 10.9 Å². The summed E-state index contributed by atoms with van der Waals surface area (Å²) in [7, 11) is 1.98. The fraction of sp³-hybridized carbons (Fsp3) is 0.0833. The zero-order valence-corrected chi connectivity index (χ0v) is 9.54. The first-order valence-electron chi connectivity index (χ1n) is 4.84. The molecule has 0 aliphatic carbocycles. The van der Waals surface area contributed by atoms with Crippen molar-refractivity contribution in [3.05, 3.63) is 46.9 Å². The minimum Gasteiger partial charge on any atom is -0.343 e. The molecule has 0 fully saturated rings. The highest BCUT2D eigenvalue weighted by Gasteiger charge is 2.09. The second-order valence-corrected chi connectivity index (χ2v) is 3.64. The zero-order valence-electron chi connectivity index (χ0n) is 8.73. The molecule has 2 heterocycles. The molecule has 0 unspecified atom stereocenters. The number of pyridine rings is 1. The average molecular weight is 235 g/mol. The summed E-state index contributed by atoms with van der Waals surface area (Å²) in [5.41, 5.74) is 2.04. The summed E-state index contributed by atoms with van der Waals surface area (Å²) in [4.78, 5) is 14.4. The van der Waals surface area contributed by atoms with Crippen LogP contribution in [-0.2, 0) is 7.05 Å². The first-order chi connectivity index (χ1) is 7.29. The Morgan fingerprint density at radius 2 is 1.88 bits per heavy atom. The van der Waals surface area contributed by atoms with Crippen LogP contribution in [-0.4, -0.2) is 9.55 Å². The molecule has 0 amide bonds. The fourth-order valence-electron chi connectivity index (χ4n) is 2.12. The number of hydrogen-bond acceptors (Lipinski definition) is 1. The summed E-state index contributed by atoms with van der Waals surface area (Å²) in [6, 6.07) is 9.86. The number of benzene rings is 1. The molecule has 0 bridgehead atoms. The molecule has 82 valence electrons. The predicted octanol–water partition coefficient (Wildman–Crippen LogP) is 2.44. The van der Waals surface area contributed by atoms with E-state index in [4.69, 9.17) is 0 Å². The van der Waals surface area contributed by atoms with E-state index in [1.54, 1.807) is 6.20 Å². The standard InChI is InChI=1S/C12H10N2O.ClH/c1-14-9-5-3-2-4-8(9)11-10(14)6-7-13-12(11)15;/h2-7H,1H3,(H,13,15);1H. The number of hydrogen-bond donors (Lipinski definition) is 1. The number of H-pyrrole nitrogens is 1. The van der Waals surface area contributed by atoms with Crippen molar-refractivity contribution in [1.29, 1.82) is 0 Å². The van der Waals surface area contributed by atoms with E-state index < -0.39 is 0 Å². The molecule has 0 saturated heterocycles. The van der Waals surface area contributed by atoms with Crippen molar-refractivity contribution in [2.45, 2.75) is 0 Å². The topological polar surface area (TPSA) is 37.8 Å². The third kappa shape index (κ3) is 1.25. The van der Waals surface area contributed by atoms with Crippen LogP contribution in [0.2, 0.25) is 0 Å². The van der Waals surface area contributed by atoms with Gasteiger partial charge in [-0.3, -0.25) is 4.79 Å². The minimum absolute atomic E-state index is 0. The molecule has 0 aliphatic heterocycles. The van der Waals surface area contributed by atoms with Crippen LogP contribution in [0.1, 0.15) is 0 Å². The van der Waals surface area contributed by atoms with Crippen LogP contribution in [0, 0.1) is 0 Å². The summed E-state index contributed by atoms with van der Waals surface area (Å²) in [6.45, 7) is 0. The van der Waals surface area contributed by atoms with Gasteiger partial charge >= 0.3 is 0 Å². The number of halogens is 1. The smallest absolute Gasteiger partial charge is 0.258 e. The van der Waals surface area contributed by atoms with Crippen molar-refractivity contribution < 1.29 is 0 Å². The SMILES string of the molecule is Cl.Cn1c2ccccc2c2c(=O)[nH]ccc21. The molecule has 1 N–H and O–H groups in total. The van der Waals surface area contributed by atoms with Crippen molar-refractivity contribution in [2.75, 3.05) is 0 Å². The number of rotatable bonds is 0. The summed E-state index contributed by atoms with van der Waals surface area (Å²) >= 11 is 0. The van der Waals surface area contributed by atoms with Crippen LogP contribution in [0.15, 0.2) is 41.3 Å². The molecule has 4 heteroatoms. The van der Waals surface area contributed by atoms with Crippen molar-refractivity contribution in [3.8, 4) is 0 Å². The molecule has 0 spiro atoms. The lowest BCUT2D eigenvalue weighted by atomic mass is 10.2. The second kappa shape index (κ2) is 3.68. The van der Waals surface area contributed by atoms with Crippen molar-refractivity contribution in [2.24, 2.45) is 7.05 Å². The molecular formula is C12H11ClN2O. The molecule has 0 atom stereocenters. The molecule has 16 heavy (non-hydrogen) atoms. The Morgan fingerprint density at radius 1 is 1.12 bits per heavy atom. The molecule has 1 aromatic carbocycles. The first kappa shape index (κ1) is 10.8. The van der Waals surface area contributed by atoms with E-state index in [0.29, 0.717) is 0 Å². The van der Waals surface area contributed by atoms with Gasteiger partial charge in [0.15, 0.2) is 0 Å². The summed E-state index contributed by atoms with van der Waals surface area (Å²) in [5.74, 6) is 0. The maximum atomic E-state index is 11.7. The number of fused-ring (bicyclic) bond motifs is 3. The van der Waals surface area contributed by atoms with Gasteiger partial charge in [-0.1, -0.05) is 18.2 Å². The van der Waals surface area contributed by atoms with Gasteiger partial charge in [-0.15, -0.1) is 12.4 Å². The van der Waals surface area contributed by atoms with Crippen molar-refractivity contribution in [1.82, 2.24) is 9.55 Å². The van der Waals surface area contributed by atoms with Gasteiger partial charge in [0.25, 0.3) is 5.56 Å². The molecule has 3 aromatic rings. The monoisotopic (exact) mass is 234 g/mol. The molecule has 0 saturated carbocycles. The second-order valence-electron chi connectivity index (χ2n) is 3.64. The van der Waals surface area contributed by atoms with Crippen LogP contribution in [0.3, 0.4) is 0 Å². The van der Waals surface area contributed by atoms with Crippen LogP contribution in [0.5, 0.6) is 0 Å². The van der Waals surface area contributed by atoms with Crippen molar-refractivity contribution >= 4 is 34.2 Å².